The molecule has 1 saturated heterocycles. The summed E-state index contributed by atoms with van der Waals surface area (Å²) in [5.41, 5.74) is -0.821. The molecule has 0 amide bonds. The first-order valence-corrected chi connectivity index (χ1v) is 6.59. The van der Waals surface area contributed by atoms with Gasteiger partial charge in [-0.1, -0.05) is 0 Å². The van der Waals surface area contributed by atoms with E-state index in [1.165, 1.54) is 20.5 Å². The summed E-state index contributed by atoms with van der Waals surface area (Å²) in [7, 11) is 2.97. The molecule has 1 aliphatic heterocycles. The second kappa shape index (κ2) is 6.01. The molecule has 1 atom stereocenters. The van der Waals surface area contributed by atoms with Crippen LogP contribution in [0.25, 0.3) is 0 Å². The van der Waals surface area contributed by atoms with Crippen molar-refractivity contribution in [3.63, 3.8) is 0 Å². The van der Waals surface area contributed by atoms with Crippen molar-refractivity contribution < 1.29 is 4.74 Å². The summed E-state index contributed by atoms with van der Waals surface area (Å²) in [4.78, 5) is 23.3. The van der Waals surface area contributed by atoms with E-state index in [2.05, 4.69) is 10.4 Å². The van der Waals surface area contributed by atoms with Crippen LogP contribution in [-0.4, -0.2) is 33.6 Å². The number of hydrogen-bond donors (Lipinski definition) is 1. The second-order valence-electron chi connectivity index (χ2n) is 4.82. The molecule has 1 N–H and O–H groups in total. The number of aromatic nitrogens is 3. The minimum atomic E-state index is -0.425. The van der Waals surface area contributed by atoms with E-state index in [9.17, 15) is 9.59 Å². The predicted octanol–water partition coefficient (Wildman–Crippen LogP) is -0.150. The zero-order chi connectivity index (χ0) is 13.8. The van der Waals surface area contributed by atoms with E-state index in [1.54, 1.807) is 0 Å². The molecule has 106 valence electrons. The number of nitrogens with zero attached hydrogens (tertiary/aromatic N) is 3. The molecule has 7 heteroatoms. The Morgan fingerprint density at radius 1 is 1.37 bits per heavy atom. The van der Waals surface area contributed by atoms with Crippen LogP contribution in [0.15, 0.2) is 9.59 Å². The van der Waals surface area contributed by atoms with Gasteiger partial charge in [-0.15, -0.1) is 5.10 Å². The van der Waals surface area contributed by atoms with Crippen molar-refractivity contribution in [2.75, 3.05) is 18.5 Å². The number of nitrogens with one attached hydrogen (secondary N) is 1. The van der Waals surface area contributed by atoms with Gasteiger partial charge in [0.05, 0.1) is 6.10 Å². The molecule has 0 radical (unpaired) electrons. The molecule has 1 aromatic rings. The average Bonchev–Trinajstić information content (AvgIpc) is 2.43. The lowest BCUT2D eigenvalue weighted by atomic mass is 10.1. The molecule has 1 fully saturated rings. The van der Waals surface area contributed by atoms with Gasteiger partial charge in [0.1, 0.15) is 0 Å². The third-order valence-electron chi connectivity index (χ3n) is 3.35. The fraction of sp³-hybridized carbons (Fsp3) is 0.750. The highest BCUT2D eigenvalue weighted by Crippen LogP contribution is 2.15. The number of hydrogen-bond acceptors (Lipinski definition) is 5. The SMILES string of the molecule is Cn1nc(NCCC2CCCCO2)c(=O)n(C)c1=O. The molecule has 0 spiro atoms. The first kappa shape index (κ1) is 13.8. The Balaban J connectivity index is 1.96. The minimum absolute atomic E-state index is 0.209. The quantitative estimate of drug-likeness (QED) is 0.821. The molecular weight excluding hydrogens is 248 g/mol. The maximum absolute atomic E-state index is 11.8. The van der Waals surface area contributed by atoms with Crippen LogP contribution >= 0.6 is 0 Å². The van der Waals surface area contributed by atoms with E-state index >= 15 is 0 Å². The first-order valence-electron chi connectivity index (χ1n) is 6.59. The summed E-state index contributed by atoms with van der Waals surface area (Å²) in [6.45, 7) is 1.44. The smallest absolute Gasteiger partial charge is 0.346 e. The van der Waals surface area contributed by atoms with Crippen LogP contribution < -0.4 is 16.6 Å². The van der Waals surface area contributed by atoms with E-state index in [1.807, 2.05) is 0 Å². The van der Waals surface area contributed by atoms with Gasteiger partial charge in [0, 0.05) is 27.2 Å². The number of anilines is 1. The van der Waals surface area contributed by atoms with E-state index in [-0.39, 0.29) is 11.9 Å². The van der Waals surface area contributed by atoms with Gasteiger partial charge in [-0.2, -0.15) is 0 Å². The van der Waals surface area contributed by atoms with Gasteiger partial charge >= 0.3 is 5.69 Å². The maximum Gasteiger partial charge on any atom is 0.346 e. The molecule has 2 rings (SSSR count). The van der Waals surface area contributed by atoms with Gasteiger partial charge in [-0.3, -0.25) is 9.36 Å². The molecule has 0 aromatic carbocycles. The summed E-state index contributed by atoms with van der Waals surface area (Å²) in [5.74, 6) is 0.209. The van der Waals surface area contributed by atoms with Crippen LogP contribution in [0.2, 0.25) is 0 Å². The van der Waals surface area contributed by atoms with Crippen molar-refractivity contribution in [3.8, 4) is 0 Å². The molecular formula is C12H20N4O3. The molecule has 1 aromatic heterocycles. The predicted molar refractivity (Wildman–Crippen MR) is 71.4 cm³/mol. The zero-order valence-corrected chi connectivity index (χ0v) is 11.4. The molecule has 2 heterocycles. The normalized spacial score (nSPS) is 19.4. The molecule has 1 unspecified atom stereocenters. The largest absolute Gasteiger partial charge is 0.378 e. The Morgan fingerprint density at radius 3 is 2.84 bits per heavy atom. The number of rotatable bonds is 4. The first-order chi connectivity index (χ1) is 9.09. The maximum atomic E-state index is 11.8. The standard InChI is InChI=1S/C12H20N4O3/c1-15-11(17)10(14-16(2)12(15)18)13-7-6-9-5-3-4-8-19-9/h9H,3-8H2,1-2H3,(H,13,14). The van der Waals surface area contributed by atoms with Crippen molar-refractivity contribution in [2.45, 2.75) is 31.8 Å². The highest BCUT2D eigenvalue weighted by molar-refractivity contribution is 5.29. The van der Waals surface area contributed by atoms with Crippen LogP contribution in [0.4, 0.5) is 5.82 Å². The highest BCUT2D eigenvalue weighted by Gasteiger charge is 2.14. The Hall–Kier alpha value is -1.63. The Kier molecular flexibility index (Phi) is 4.36. The highest BCUT2D eigenvalue weighted by atomic mass is 16.5. The molecule has 0 bridgehead atoms. The van der Waals surface area contributed by atoms with Gasteiger partial charge in [0.15, 0.2) is 0 Å². The Morgan fingerprint density at radius 2 is 2.16 bits per heavy atom. The zero-order valence-electron chi connectivity index (χ0n) is 11.4. The minimum Gasteiger partial charge on any atom is -0.378 e. The monoisotopic (exact) mass is 268 g/mol. The topological polar surface area (TPSA) is 78.2 Å². The third kappa shape index (κ3) is 3.23. The summed E-state index contributed by atoms with van der Waals surface area (Å²) in [6.07, 6.45) is 4.50. The Bertz CT molecular complexity index is 543. The second-order valence-corrected chi connectivity index (χ2v) is 4.82. The summed E-state index contributed by atoms with van der Waals surface area (Å²) in [6, 6.07) is 0. The van der Waals surface area contributed by atoms with Crippen LogP contribution in [0.1, 0.15) is 25.7 Å². The average molecular weight is 268 g/mol. The van der Waals surface area contributed by atoms with Gasteiger partial charge in [0.25, 0.3) is 5.56 Å². The van der Waals surface area contributed by atoms with Crippen molar-refractivity contribution in [2.24, 2.45) is 14.1 Å². The molecule has 19 heavy (non-hydrogen) atoms. The van der Waals surface area contributed by atoms with E-state index in [0.717, 1.165) is 35.1 Å². The van der Waals surface area contributed by atoms with Gasteiger partial charge in [-0.05, 0) is 25.7 Å². The summed E-state index contributed by atoms with van der Waals surface area (Å²) < 4.78 is 7.82. The number of ether oxygens (including phenoxy) is 1. The van der Waals surface area contributed by atoms with Gasteiger partial charge in [0.2, 0.25) is 5.82 Å². The summed E-state index contributed by atoms with van der Waals surface area (Å²) >= 11 is 0. The summed E-state index contributed by atoms with van der Waals surface area (Å²) in [5, 5.41) is 6.92. The molecule has 7 nitrogen and oxygen atoms in total. The van der Waals surface area contributed by atoms with Crippen molar-refractivity contribution >= 4 is 5.82 Å². The van der Waals surface area contributed by atoms with Crippen molar-refractivity contribution in [3.05, 3.63) is 20.8 Å². The molecule has 0 aliphatic carbocycles. The lowest BCUT2D eigenvalue weighted by Crippen LogP contribution is -2.40. The fourth-order valence-electron chi connectivity index (χ4n) is 2.20. The van der Waals surface area contributed by atoms with Crippen LogP contribution in [0.5, 0.6) is 0 Å². The third-order valence-corrected chi connectivity index (χ3v) is 3.35. The van der Waals surface area contributed by atoms with Crippen molar-refractivity contribution in [1.82, 2.24) is 14.3 Å². The van der Waals surface area contributed by atoms with Crippen LogP contribution in [0, 0.1) is 0 Å². The molecule has 1 aliphatic rings. The molecule has 0 saturated carbocycles. The van der Waals surface area contributed by atoms with Gasteiger partial charge in [-0.25, -0.2) is 9.48 Å². The van der Waals surface area contributed by atoms with E-state index < -0.39 is 11.2 Å². The van der Waals surface area contributed by atoms with Crippen LogP contribution in [-0.2, 0) is 18.8 Å². The fourth-order valence-corrected chi connectivity index (χ4v) is 2.20. The lowest BCUT2D eigenvalue weighted by Gasteiger charge is -2.22. The lowest BCUT2D eigenvalue weighted by molar-refractivity contribution is 0.0134. The van der Waals surface area contributed by atoms with E-state index in [4.69, 9.17) is 4.74 Å². The van der Waals surface area contributed by atoms with Gasteiger partial charge < -0.3 is 10.1 Å². The van der Waals surface area contributed by atoms with Crippen molar-refractivity contribution in [1.29, 1.82) is 0 Å². The number of aryl methyl sites for hydroxylation is 1. The van der Waals surface area contributed by atoms with Crippen LogP contribution in [0.3, 0.4) is 0 Å². The Labute approximate surface area is 111 Å². The van der Waals surface area contributed by atoms with E-state index in [0.29, 0.717) is 6.54 Å².